The van der Waals surface area contributed by atoms with Crippen LogP contribution in [0.5, 0.6) is 11.5 Å². The topological polar surface area (TPSA) is 73.6 Å². The van der Waals surface area contributed by atoms with Crippen molar-refractivity contribution in [2.24, 2.45) is 0 Å². The van der Waals surface area contributed by atoms with Crippen molar-refractivity contribution in [3.8, 4) is 28.4 Å². The Hall–Kier alpha value is -2.70. The minimum absolute atomic E-state index is 0.0733. The number of carbonyl (C=O) groups excluding carboxylic acids is 1. The third-order valence-electron chi connectivity index (χ3n) is 4.68. The molecular weight excluding hydrogens is 415 g/mol. The van der Waals surface area contributed by atoms with Crippen LogP contribution in [0.15, 0.2) is 36.4 Å². The van der Waals surface area contributed by atoms with Crippen LogP contribution in [0.25, 0.3) is 16.9 Å². The molecule has 0 fully saturated rings. The van der Waals surface area contributed by atoms with Gasteiger partial charge >= 0.3 is 5.97 Å². The number of phenolic OH excluding ortho intramolecular Hbond substituents is 1. The van der Waals surface area contributed by atoms with Crippen molar-refractivity contribution >= 4 is 29.2 Å². The van der Waals surface area contributed by atoms with Gasteiger partial charge in [0, 0.05) is 16.7 Å². The van der Waals surface area contributed by atoms with Crippen molar-refractivity contribution in [2.75, 3.05) is 6.61 Å². The van der Waals surface area contributed by atoms with Gasteiger partial charge in [-0.1, -0.05) is 23.2 Å². The Labute approximate surface area is 177 Å². The molecule has 8 heteroatoms. The van der Waals surface area contributed by atoms with Gasteiger partial charge in [-0.3, -0.25) is 0 Å². The molecule has 6 nitrogen and oxygen atoms in total. The van der Waals surface area contributed by atoms with Gasteiger partial charge in [0.15, 0.2) is 5.69 Å². The molecule has 0 spiro atoms. The Bertz CT molecular complexity index is 1140. The van der Waals surface area contributed by atoms with E-state index in [0.717, 1.165) is 0 Å². The lowest BCUT2D eigenvalue weighted by Crippen LogP contribution is -2.31. The van der Waals surface area contributed by atoms with Crippen molar-refractivity contribution in [1.29, 1.82) is 0 Å². The molecule has 0 atom stereocenters. The molecule has 4 rings (SSSR count). The number of aromatic hydroxyl groups is 1. The number of nitrogens with zero attached hydrogens (tertiary/aromatic N) is 2. The van der Waals surface area contributed by atoms with Gasteiger partial charge in [-0.05, 0) is 51.1 Å². The summed E-state index contributed by atoms with van der Waals surface area (Å²) in [5.74, 6) is -0.000147. The van der Waals surface area contributed by atoms with Crippen molar-refractivity contribution in [3.05, 3.63) is 57.7 Å². The molecule has 0 amide bonds. The summed E-state index contributed by atoms with van der Waals surface area (Å²) in [5, 5.41) is 15.3. The molecule has 0 bridgehead atoms. The number of carbonyl (C=O) groups is 1. The van der Waals surface area contributed by atoms with Crippen LogP contribution in [-0.4, -0.2) is 27.5 Å². The van der Waals surface area contributed by atoms with Crippen LogP contribution in [0.2, 0.25) is 10.0 Å². The van der Waals surface area contributed by atoms with Gasteiger partial charge in [-0.25, -0.2) is 9.48 Å². The first kappa shape index (κ1) is 19.6. The summed E-state index contributed by atoms with van der Waals surface area (Å²) in [6.07, 6.45) is 0. The number of hydrogen-bond donors (Lipinski definition) is 1. The molecule has 0 saturated heterocycles. The summed E-state index contributed by atoms with van der Waals surface area (Å²) in [5.41, 5.74) is 1.70. The first-order chi connectivity index (χ1) is 13.7. The van der Waals surface area contributed by atoms with Crippen molar-refractivity contribution < 1.29 is 19.4 Å². The fraction of sp³-hybridized carbons (Fsp3) is 0.238. The van der Waals surface area contributed by atoms with E-state index in [1.807, 2.05) is 13.8 Å². The lowest BCUT2D eigenvalue weighted by atomic mass is 9.89. The molecule has 0 unspecified atom stereocenters. The summed E-state index contributed by atoms with van der Waals surface area (Å²) in [7, 11) is 0. The first-order valence-electron chi connectivity index (χ1n) is 9.01. The van der Waals surface area contributed by atoms with E-state index in [9.17, 15) is 9.90 Å². The Morgan fingerprint density at radius 1 is 1.24 bits per heavy atom. The van der Waals surface area contributed by atoms with Crippen molar-refractivity contribution in [1.82, 2.24) is 9.78 Å². The van der Waals surface area contributed by atoms with E-state index in [4.69, 9.17) is 32.7 Å². The summed E-state index contributed by atoms with van der Waals surface area (Å²) in [6, 6.07) is 9.84. The van der Waals surface area contributed by atoms with Gasteiger partial charge in [0.05, 0.1) is 28.6 Å². The highest BCUT2D eigenvalue weighted by Gasteiger charge is 2.42. The fourth-order valence-corrected chi connectivity index (χ4v) is 4.01. The number of aromatic nitrogens is 2. The summed E-state index contributed by atoms with van der Waals surface area (Å²) in [6.45, 7) is 5.61. The van der Waals surface area contributed by atoms with Crippen molar-refractivity contribution in [3.63, 3.8) is 0 Å². The number of phenols is 1. The summed E-state index contributed by atoms with van der Waals surface area (Å²) < 4.78 is 12.9. The van der Waals surface area contributed by atoms with E-state index in [2.05, 4.69) is 5.10 Å². The van der Waals surface area contributed by atoms with E-state index in [0.29, 0.717) is 38.3 Å². The molecule has 0 radical (unpaired) electrons. The van der Waals surface area contributed by atoms with E-state index in [1.165, 1.54) is 6.07 Å². The molecule has 29 heavy (non-hydrogen) atoms. The first-order valence-corrected chi connectivity index (χ1v) is 9.77. The molecule has 0 aliphatic carbocycles. The molecule has 2 aromatic carbocycles. The Balaban J connectivity index is 2.08. The summed E-state index contributed by atoms with van der Waals surface area (Å²) >= 11 is 12.5. The van der Waals surface area contributed by atoms with Gasteiger partial charge in [0.2, 0.25) is 0 Å². The maximum atomic E-state index is 12.7. The molecule has 3 aromatic rings. The Morgan fingerprint density at radius 3 is 2.69 bits per heavy atom. The van der Waals surface area contributed by atoms with Crippen LogP contribution in [0, 0.1) is 0 Å². The maximum Gasteiger partial charge on any atom is 0.359 e. The van der Waals surface area contributed by atoms with Gasteiger partial charge in [0.1, 0.15) is 17.1 Å². The molecule has 1 N–H and O–H groups in total. The average Bonchev–Trinajstić information content (AvgIpc) is 3.03. The average molecular weight is 433 g/mol. The van der Waals surface area contributed by atoms with E-state index in [1.54, 1.807) is 41.9 Å². The van der Waals surface area contributed by atoms with E-state index < -0.39 is 11.6 Å². The Morgan fingerprint density at radius 2 is 2.00 bits per heavy atom. The third kappa shape index (κ3) is 3.22. The highest BCUT2D eigenvalue weighted by Crippen LogP contribution is 2.48. The number of hydrogen-bond acceptors (Lipinski definition) is 5. The number of benzene rings is 2. The second kappa shape index (κ2) is 6.97. The largest absolute Gasteiger partial charge is 0.508 e. The number of halogens is 2. The minimum atomic E-state index is -0.907. The van der Waals surface area contributed by atoms with Crippen LogP contribution in [0.3, 0.4) is 0 Å². The zero-order chi connectivity index (χ0) is 20.9. The highest BCUT2D eigenvalue weighted by molar-refractivity contribution is 6.35. The predicted octanol–water partition coefficient (Wildman–Crippen LogP) is 5.36. The van der Waals surface area contributed by atoms with Gasteiger partial charge in [0.25, 0.3) is 0 Å². The van der Waals surface area contributed by atoms with Crippen molar-refractivity contribution in [2.45, 2.75) is 26.4 Å². The minimum Gasteiger partial charge on any atom is -0.508 e. The quantitative estimate of drug-likeness (QED) is 0.564. The molecule has 1 aliphatic heterocycles. The van der Waals surface area contributed by atoms with Crippen LogP contribution in [0.1, 0.15) is 36.8 Å². The molecule has 0 saturated carbocycles. The van der Waals surface area contributed by atoms with E-state index in [-0.39, 0.29) is 18.1 Å². The standard InChI is InChI=1S/C21H18Cl2N2O4/c1-4-28-20(27)18-17-19(25(24-18)15-8-5-11(22)9-14(15)23)13-7-6-12(26)10-16(13)29-21(17,2)3/h5-10,26H,4H2,1-3H3. The normalized spacial score (nSPS) is 14.0. The zero-order valence-electron chi connectivity index (χ0n) is 16.0. The number of rotatable bonds is 3. The number of esters is 1. The zero-order valence-corrected chi connectivity index (χ0v) is 17.5. The molecule has 1 aliphatic rings. The second-order valence-corrected chi connectivity index (χ2v) is 7.94. The van der Waals surface area contributed by atoms with Crippen LogP contribution in [-0.2, 0) is 10.3 Å². The Kier molecular flexibility index (Phi) is 4.71. The molecule has 1 aromatic heterocycles. The van der Waals surface area contributed by atoms with Crippen LogP contribution >= 0.6 is 23.2 Å². The van der Waals surface area contributed by atoms with E-state index >= 15 is 0 Å². The molecule has 150 valence electrons. The summed E-state index contributed by atoms with van der Waals surface area (Å²) in [4.78, 5) is 12.7. The molecule has 2 heterocycles. The van der Waals surface area contributed by atoms with Gasteiger partial charge in [-0.15, -0.1) is 0 Å². The predicted molar refractivity (Wildman–Crippen MR) is 110 cm³/mol. The number of fused-ring (bicyclic) bond motifs is 3. The third-order valence-corrected chi connectivity index (χ3v) is 5.22. The monoisotopic (exact) mass is 432 g/mol. The smallest absolute Gasteiger partial charge is 0.359 e. The van der Waals surface area contributed by atoms with Crippen LogP contribution in [0.4, 0.5) is 0 Å². The van der Waals surface area contributed by atoms with Gasteiger partial charge in [-0.2, -0.15) is 5.10 Å². The lowest BCUT2D eigenvalue weighted by Gasteiger charge is -2.33. The molecular formula is C21H18Cl2N2O4. The second-order valence-electron chi connectivity index (χ2n) is 7.09. The maximum absolute atomic E-state index is 12.7. The number of ether oxygens (including phenoxy) is 2. The fourth-order valence-electron chi connectivity index (χ4n) is 3.52. The lowest BCUT2D eigenvalue weighted by molar-refractivity contribution is 0.0499. The van der Waals surface area contributed by atoms with Crippen LogP contribution < -0.4 is 4.74 Å². The SMILES string of the molecule is CCOC(=O)c1nn(-c2ccc(Cl)cc2Cl)c2c1C(C)(C)Oc1cc(O)ccc1-2. The van der Waals surface area contributed by atoms with Gasteiger partial charge < -0.3 is 14.6 Å². The highest BCUT2D eigenvalue weighted by atomic mass is 35.5.